The maximum absolute atomic E-state index is 13.3. The lowest BCUT2D eigenvalue weighted by Crippen LogP contribution is -2.05. The van der Waals surface area contributed by atoms with E-state index in [0.29, 0.717) is 10.8 Å². The third-order valence-electron chi connectivity index (χ3n) is 5.05. The van der Waals surface area contributed by atoms with Crippen LogP contribution in [-0.2, 0) is 9.84 Å². The molecule has 5 rings (SSSR count). The van der Waals surface area contributed by atoms with Gasteiger partial charge in [-0.05, 0) is 66.8 Å². The van der Waals surface area contributed by atoms with Gasteiger partial charge in [0, 0.05) is 10.7 Å². The summed E-state index contributed by atoms with van der Waals surface area (Å²) in [6, 6.07) is 13.9. The van der Waals surface area contributed by atoms with E-state index in [2.05, 4.69) is 20.6 Å². The van der Waals surface area contributed by atoms with E-state index in [1.807, 2.05) is 43.5 Å². The van der Waals surface area contributed by atoms with Crippen LogP contribution in [0.1, 0.15) is 11.1 Å². The number of fused-ring (bicyclic) bond motifs is 3. The topological polar surface area (TPSA) is 89.2 Å². The molecule has 0 fully saturated rings. The standard InChI is InChI=1S/C21H16ClN5O2S2/c1-12-6-7-15(10-13(12)2)23-19-18-17(8-9-30-18)27-20(24-19)21(25-26-27)31(28,29)16-5-3-4-14(22)11-16/h3-11H,1-2H3,(H,23,24). The number of sulfone groups is 1. The number of rotatable bonds is 4. The molecule has 156 valence electrons. The fraction of sp³-hybridized carbons (Fsp3) is 0.0952. The number of nitrogens with one attached hydrogen (secondary N) is 1. The van der Waals surface area contributed by atoms with Crippen molar-refractivity contribution in [1.29, 1.82) is 0 Å². The van der Waals surface area contributed by atoms with Crippen LogP contribution in [0, 0.1) is 13.8 Å². The first kappa shape index (κ1) is 19.9. The Morgan fingerprint density at radius 2 is 1.90 bits per heavy atom. The molecule has 0 amide bonds. The molecule has 0 aliphatic heterocycles. The number of hydrogen-bond donors (Lipinski definition) is 1. The number of nitrogens with zero attached hydrogens (tertiary/aromatic N) is 4. The largest absolute Gasteiger partial charge is 0.339 e. The molecule has 2 aromatic carbocycles. The quantitative estimate of drug-likeness (QED) is 0.390. The van der Waals surface area contributed by atoms with Gasteiger partial charge in [-0.2, -0.15) is 4.52 Å². The summed E-state index contributed by atoms with van der Waals surface area (Å²) >= 11 is 7.49. The normalized spacial score (nSPS) is 12.0. The summed E-state index contributed by atoms with van der Waals surface area (Å²) in [5.41, 5.74) is 4.06. The Bertz CT molecular complexity index is 1570. The fourth-order valence-corrected chi connectivity index (χ4v) is 5.64. The van der Waals surface area contributed by atoms with E-state index in [9.17, 15) is 8.42 Å². The first-order valence-electron chi connectivity index (χ1n) is 9.32. The Hall–Kier alpha value is -3.01. The first-order valence-corrected chi connectivity index (χ1v) is 12.1. The van der Waals surface area contributed by atoms with Crippen LogP contribution in [0.5, 0.6) is 0 Å². The maximum atomic E-state index is 13.3. The molecule has 0 radical (unpaired) electrons. The molecule has 7 nitrogen and oxygen atoms in total. The zero-order valence-electron chi connectivity index (χ0n) is 16.5. The van der Waals surface area contributed by atoms with Crippen molar-refractivity contribution < 1.29 is 8.42 Å². The molecule has 3 aromatic heterocycles. The number of aromatic nitrogens is 4. The van der Waals surface area contributed by atoms with E-state index in [1.54, 1.807) is 12.1 Å². The van der Waals surface area contributed by atoms with Crippen molar-refractivity contribution in [2.24, 2.45) is 0 Å². The zero-order valence-corrected chi connectivity index (χ0v) is 18.9. The predicted octanol–water partition coefficient (Wildman–Crippen LogP) is 5.19. The van der Waals surface area contributed by atoms with E-state index in [1.165, 1.54) is 33.5 Å². The molecular weight excluding hydrogens is 454 g/mol. The molecule has 1 N–H and O–H groups in total. The Labute approximate surface area is 187 Å². The van der Waals surface area contributed by atoms with Gasteiger partial charge in [-0.15, -0.1) is 16.4 Å². The molecule has 0 aliphatic carbocycles. The second kappa shape index (κ2) is 7.30. The molecule has 31 heavy (non-hydrogen) atoms. The second-order valence-electron chi connectivity index (χ2n) is 7.11. The summed E-state index contributed by atoms with van der Waals surface area (Å²) < 4.78 is 28.8. The van der Waals surface area contributed by atoms with Crippen molar-refractivity contribution >= 4 is 60.1 Å². The highest BCUT2D eigenvalue weighted by Gasteiger charge is 2.27. The van der Waals surface area contributed by atoms with Gasteiger partial charge in [0.1, 0.15) is 0 Å². The molecule has 0 aliphatic rings. The minimum absolute atomic E-state index is 0.0401. The first-order chi connectivity index (χ1) is 14.8. The van der Waals surface area contributed by atoms with Gasteiger partial charge in [-0.1, -0.05) is 28.9 Å². The molecular formula is C21H16ClN5O2S2. The van der Waals surface area contributed by atoms with Crippen LogP contribution in [0.15, 0.2) is 63.8 Å². The molecule has 0 unspecified atom stereocenters. The van der Waals surface area contributed by atoms with Crippen molar-refractivity contribution in [3.05, 3.63) is 70.1 Å². The van der Waals surface area contributed by atoms with Crippen molar-refractivity contribution in [3.8, 4) is 0 Å². The van der Waals surface area contributed by atoms with Crippen LogP contribution in [0.3, 0.4) is 0 Å². The van der Waals surface area contributed by atoms with Gasteiger partial charge in [-0.3, -0.25) is 0 Å². The van der Waals surface area contributed by atoms with Gasteiger partial charge < -0.3 is 5.32 Å². The lowest BCUT2D eigenvalue weighted by Gasteiger charge is -2.10. The summed E-state index contributed by atoms with van der Waals surface area (Å²) in [6.45, 7) is 4.08. The summed E-state index contributed by atoms with van der Waals surface area (Å²) in [5, 5.41) is 13.4. The van der Waals surface area contributed by atoms with Gasteiger partial charge >= 0.3 is 0 Å². The number of aryl methyl sites for hydroxylation is 2. The Morgan fingerprint density at radius 3 is 2.68 bits per heavy atom. The van der Waals surface area contributed by atoms with Gasteiger partial charge in [0.2, 0.25) is 14.9 Å². The summed E-state index contributed by atoms with van der Waals surface area (Å²) in [6.07, 6.45) is 0. The Morgan fingerprint density at radius 1 is 1.06 bits per heavy atom. The van der Waals surface area contributed by atoms with Crippen LogP contribution in [0.2, 0.25) is 5.02 Å². The maximum Gasteiger partial charge on any atom is 0.229 e. The monoisotopic (exact) mass is 469 g/mol. The predicted molar refractivity (Wildman–Crippen MR) is 122 cm³/mol. The molecule has 0 spiro atoms. The molecule has 0 atom stereocenters. The highest BCUT2D eigenvalue weighted by Crippen LogP contribution is 2.33. The van der Waals surface area contributed by atoms with Crippen LogP contribution in [0.25, 0.3) is 15.9 Å². The van der Waals surface area contributed by atoms with Crippen LogP contribution in [-0.4, -0.2) is 28.2 Å². The van der Waals surface area contributed by atoms with Crippen LogP contribution < -0.4 is 5.32 Å². The number of hydrogen-bond acceptors (Lipinski definition) is 7. The average molecular weight is 470 g/mol. The minimum Gasteiger partial charge on any atom is -0.339 e. The van der Waals surface area contributed by atoms with E-state index in [-0.39, 0.29) is 15.6 Å². The minimum atomic E-state index is -3.96. The second-order valence-corrected chi connectivity index (χ2v) is 10.3. The molecule has 10 heteroatoms. The van der Waals surface area contributed by atoms with Crippen molar-refractivity contribution in [3.63, 3.8) is 0 Å². The number of anilines is 2. The number of thiophene rings is 1. The number of halogens is 1. The summed E-state index contributed by atoms with van der Waals surface area (Å²) in [7, 11) is -3.96. The third-order valence-corrected chi connectivity index (χ3v) is 7.85. The highest BCUT2D eigenvalue weighted by molar-refractivity contribution is 7.91. The highest BCUT2D eigenvalue weighted by atomic mass is 35.5. The smallest absolute Gasteiger partial charge is 0.229 e. The van der Waals surface area contributed by atoms with E-state index in [0.717, 1.165) is 21.5 Å². The number of benzene rings is 2. The van der Waals surface area contributed by atoms with Crippen molar-refractivity contribution in [2.75, 3.05) is 5.32 Å². The zero-order chi connectivity index (χ0) is 21.8. The Balaban J connectivity index is 1.71. The SMILES string of the molecule is Cc1ccc(Nc2nc3c(S(=O)(=O)c4cccc(Cl)c4)nnn3c3ccsc23)cc1C. The summed E-state index contributed by atoms with van der Waals surface area (Å²) in [4.78, 5) is 4.66. The molecule has 0 saturated heterocycles. The fourth-order valence-electron chi connectivity index (χ4n) is 3.28. The van der Waals surface area contributed by atoms with Crippen LogP contribution >= 0.6 is 22.9 Å². The molecule has 5 aromatic rings. The molecule has 3 heterocycles. The van der Waals surface area contributed by atoms with E-state index >= 15 is 0 Å². The summed E-state index contributed by atoms with van der Waals surface area (Å²) in [5.74, 6) is 0.547. The van der Waals surface area contributed by atoms with Gasteiger partial charge in [0.25, 0.3) is 0 Å². The third kappa shape index (κ3) is 3.34. The Kier molecular flexibility index (Phi) is 4.69. The van der Waals surface area contributed by atoms with E-state index < -0.39 is 9.84 Å². The lowest BCUT2D eigenvalue weighted by atomic mass is 10.1. The van der Waals surface area contributed by atoms with Gasteiger partial charge in [-0.25, -0.2) is 13.4 Å². The lowest BCUT2D eigenvalue weighted by molar-refractivity contribution is 0.592. The average Bonchev–Trinajstić information content (AvgIpc) is 3.38. The molecule has 0 saturated carbocycles. The van der Waals surface area contributed by atoms with Crippen molar-refractivity contribution in [2.45, 2.75) is 23.8 Å². The molecule has 0 bridgehead atoms. The van der Waals surface area contributed by atoms with Crippen LogP contribution in [0.4, 0.5) is 11.5 Å². The van der Waals surface area contributed by atoms with E-state index in [4.69, 9.17) is 11.6 Å². The van der Waals surface area contributed by atoms with Gasteiger partial charge in [0.05, 0.1) is 15.1 Å². The van der Waals surface area contributed by atoms with Gasteiger partial charge in [0.15, 0.2) is 11.5 Å². The van der Waals surface area contributed by atoms with Crippen molar-refractivity contribution in [1.82, 2.24) is 19.8 Å².